The minimum atomic E-state index is -0.673. The predicted octanol–water partition coefficient (Wildman–Crippen LogP) is 1.90. The summed E-state index contributed by atoms with van der Waals surface area (Å²) >= 11 is 0. The number of nitrogens with one attached hydrogen (secondary N) is 1. The minimum Gasteiger partial charge on any atom is -0.368 e. The third kappa shape index (κ3) is 4.42. The fourth-order valence-corrected chi connectivity index (χ4v) is 2.25. The molecule has 6 heteroatoms. The van der Waals surface area contributed by atoms with E-state index in [4.69, 9.17) is 10.3 Å². The average molecular weight is 315 g/mol. The van der Waals surface area contributed by atoms with Crippen LogP contribution in [0.2, 0.25) is 0 Å². The van der Waals surface area contributed by atoms with Crippen LogP contribution in [-0.2, 0) is 16.0 Å². The van der Waals surface area contributed by atoms with E-state index >= 15 is 0 Å². The van der Waals surface area contributed by atoms with Gasteiger partial charge < -0.3 is 15.6 Å². The molecule has 122 valence electrons. The maximum Gasteiger partial charge on any atom is 0.240 e. The van der Waals surface area contributed by atoms with E-state index in [9.17, 15) is 9.59 Å². The number of primary amides is 1. The van der Waals surface area contributed by atoms with Gasteiger partial charge in [0, 0.05) is 11.6 Å². The topological polar surface area (TPSA) is 98.2 Å². The largest absolute Gasteiger partial charge is 0.368 e. The summed E-state index contributed by atoms with van der Waals surface area (Å²) in [6.45, 7) is 3.82. The Hall–Kier alpha value is -2.63. The van der Waals surface area contributed by atoms with E-state index in [1.54, 1.807) is 6.07 Å². The first kappa shape index (κ1) is 16.7. The van der Waals surface area contributed by atoms with E-state index in [0.717, 1.165) is 12.0 Å². The highest BCUT2D eigenvalue weighted by Gasteiger charge is 2.24. The van der Waals surface area contributed by atoms with Gasteiger partial charge in [0.05, 0.1) is 12.1 Å². The quantitative estimate of drug-likeness (QED) is 0.815. The highest BCUT2D eigenvalue weighted by molar-refractivity contribution is 5.87. The van der Waals surface area contributed by atoms with Crippen LogP contribution >= 0.6 is 0 Å². The van der Waals surface area contributed by atoms with Crippen molar-refractivity contribution in [2.75, 3.05) is 0 Å². The maximum absolute atomic E-state index is 12.1. The molecule has 0 unspecified atom stereocenters. The summed E-state index contributed by atoms with van der Waals surface area (Å²) in [5, 5.41) is 6.57. The third-order valence-corrected chi connectivity index (χ3v) is 3.79. The van der Waals surface area contributed by atoms with Crippen molar-refractivity contribution >= 4 is 11.8 Å². The zero-order valence-corrected chi connectivity index (χ0v) is 13.3. The Morgan fingerprint density at radius 3 is 2.61 bits per heavy atom. The fourth-order valence-electron chi connectivity index (χ4n) is 2.25. The summed E-state index contributed by atoms with van der Waals surface area (Å²) < 4.78 is 5.25. The first-order valence-corrected chi connectivity index (χ1v) is 7.61. The Morgan fingerprint density at radius 1 is 1.30 bits per heavy atom. The van der Waals surface area contributed by atoms with Gasteiger partial charge in [-0.15, -0.1) is 0 Å². The lowest BCUT2D eigenvalue weighted by Gasteiger charge is -2.20. The van der Waals surface area contributed by atoms with E-state index in [1.165, 1.54) is 0 Å². The van der Waals surface area contributed by atoms with Gasteiger partial charge in [-0.3, -0.25) is 9.59 Å². The Balaban J connectivity index is 2.01. The van der Waals surface area contributed by atoms with Gasteiger partial charge in [-0.25, -0.2) is 0 Å². The molecule has 2 atom stereocenters. The molecule has 6 nitrogen and oxygen atoms in total. The van der Waals surface area contributed by atoms with E-state index in [0.29, 0.717) is 11.5 Å². The van der Waals surface area contributed by atoms with E-state index < -0.39 is 11.9 Å². The Labute approximate surface area is 135 Å². The maximum atomic E-state index is 12.1. The molecule has 0 saturated heterocycles. The number of amides is 2. The van der Waals surface area contributed by atoms with E-state index in [1.807, 2.05) is 44.2 Å². The van der Waals surface area contributed by atoms with Gasteiger partial charge in [-0.05, 0) is 5.92 Å². The highest BCUT2D eigenvalue weighted by Crippen LogP contribution is 2.19. The second-order valence-electron chi connectivity index (χ2n) is 5.56. The van der Waals surface area contributed by atoms with Crippen LogP contribution in [0.15, 0.2) is 40.9 Å². The van der Waals surface area contributed by atoms with Crippen molar-refractivity contribution in [2.45, 2.75) is 32.7 Å². The number of nitrogens with zero attached hydrogens (tertiary/aromatic N) is 1. The van der Waals surface area contributed by atoms with Gasteiger partial charge >= 0.3 is 0 Å². The molecule has 2 rings (SSSR count). The van der Waals surface area contributed by atoms with Gasteiger partial charge in [0.15, 0.2) is 5.76 Å². The molecule has 0 aliphatic carbocycles. The van der Waals surface area contributed by atoms with Crippen LogP contribution in [0, 0.1) is 5.92 Å². The third-order valence-electron chi connectivity index (χ3n) is 3.79. The molecule has 1 heterocycles. The van der Waals surface area contributed by atoms with Gasteiger partial charge in [-0.1, -0.05) is 55.8 Å². The molecule has 0 radical (unpaired) electrons. The van der Waals surface area contributed by atoms with Crippen molar-refractivity contribution in [3.05, 3.63) is 42.1 Å². The summed E-state index contributed by atoms with van der Waals surface area (Å²) in [4.78, 5) is 23.5. The van der Waals surface area contributed by atoms with Crippen LogP contribution in [0.5, 0.6) is 0 Å². The Morgan fingerprint density at radius 2 is 2.00 bits per heavy atom. The number of benzene rings is 1. The number of rotatable bonds is 7. The van der Waals surface area contributed by atoms with E-state index in [2.05, 4.69) is 10.5 Å². The molecule has 2 amide bonds. The van der Waals surface area contributed by atoms with Gasteiger partial charge in [0.2, 0.25) is 11.8 Å². The minimum absolute atomic E-state index is 0.0198. The lowest BCUT2D eigenvalue weighted by molar-refractivity contribution is -0.128. The summed E-state index contributed by atoms with van der Waals surface area (Å²) in [7, 11) is 0. The number of hydrogen-bond donors (Lipinski definition) is 2. The first-order chi connectivity index (χ1) is 11.0. The molecule has 0 aliphatic heterocycles. The average Bonchev–Trinajstić information content (AvgIpc) is 3.01. The van der Waals surface area contributed by atoms with E-state index in [-0.39, 0.29) is 18.2 Å². The van der Waals surface area contributed by atoms with Crippen LogP contribution in [-0.4, -0.2) is 23.0 Å². The van der Waals surface area contributed by atoms with Crippen molar-refractivity contribution in [1.29, 1.82) is 0 Å². The summed E-state index contributed by atoms with van der Waals surface area (Å²) in [6, 6.07) is 10.5. The lowest BCUT2D eigenvalue weighted by Crippen LogP contribution is -2.48. The lowest BCUT2D eigenvalue weighted by atomic mass is 9.98. The zero-order valence-electron chi connectivity index (χ0n) is 13.3. The van der Waals surface area contributed by atoms with Crippen LogP contribution in [0.1, 0.15) is 26.0 Å². The standard InChI is InChI=1S/C17H21N3O3/c1-3-11(2)16(17(18)22)19-15(21)10-13-9-14(23-20-13)12-7-5-4-6-8-12/h4-9,11,16H,3,10H2,1-2H3,(H2,18,22)(H,19,21)/t11-,16+/m0/s1. The molecule has 23 heavy (non-hydrogen) atoms. The molecule has 0 aliphatic rings. The molecule has 3 N–H and O–H groups in total. The van der Waals surface area contributed by atoms with Crippen molar-refractivity contribution < 1.29 is 14.1 Å². The number of carbonyl (C=O) groups is 2. The number of nitrogens with two attached hydrogens (primary N) is 1. The van der Waals surface area contributed by atoms with Crippen LogP contribution < -0.4 is 11.1 Å². The van der Waals surface area contributed by atoms with Crippen LogP contribution in [0.25, 0.3) is 11.3 Å². The van der Waals surface area contributed by atoms with Gasteiger partial charge in [-0.2, -0.15) is 0 Å². The summed E-state index contributed by atoms with van der Waals surface area (Å²) in [5.74, 6) is -0.254. The number of carbonyl (C=O) groups excluding carboxylic acids is 2. The fraction of sp³-hybridized carbons (Fsp3) is 0.353. The van der Waals surface area contributed by atoms with Crippen molar-refractivity contribution in [1.82, 2.24) is 10.5 Å². The molecule has 0 saturated carbocycles. The predicted molar refractivity (Wildman–Crippen MR) is 86.2 cm³/mol. The Bertz CT molecular complexity index is 667. The second-order valence-corrected chi connectivity index (χ2v) is 5.56. The summed E-state index contributed by atoms with van der Waals surface area (Å²) in [5.41, 5.74) is 6.75. The molecule has 1 aromatic heterocycles. The second kappa shape index (κ2) is 7.58. The van der Waals surface area contributed by atoms with Gasteiger partial charge in [0.25, 0.3) is 0 Å². The Kier molecular flexibility index (Phi) is 5.51. The van der Waals surface area contributed by atoms with Crippen molar-refractivity contribution in [2.24, 2.45) is 11.7 Å². The zero-order chi connectivity index (χ0) is 16.8. The normalized spacial score (nSPS) is 13.3. The van der Waals surface area contributed by atoms with Crippen molar-refractivity contribution in [3.63, 3.8) is 0 Å². The molecular weight excluding hydrogens is 294 g/mol. The molecule has 0 fully saturated rings. The molecule has 2 aromatic rings. The van der Waals surface area contributed by atoms with Crippen LogP contribution in [0.4, 0.5) is 0 Å². The monoisotopic (exact) mass is 315 g/mol. The molecule has 0 spiro atoms. The smallest absolute Gasteiger partial charge is 0.240 e. The molecular formula is C17H21N3O3. The van der Waals surface area contributed by atoms with Gasteiger partial charge in [0.1, 0.15) is 6.04 Å². The number of aromatic nitrogens is 1. The molecule has 0 bridgehead atoms. The summed E-state index contributed by atoms with van der Waals surface area (Å²) in [6.07, 6.45) is 0.784. The molecule has 1 aromatic carbocycles. The first-order valence-electron chi connectivity index (χ1n) is 7.61. The SMILES string of the molecule is CC[C@H](C)[C@@H](NC(=O)Cc1cc(-c2ccccc2)on1)C(N)=O. The van der Waals surface area contributed by atoms with Crippen molar-refractivity contribution in [3.8, 4) is 11.3 Å². The highest BCUT2D eigenvalue weighted by atomic mass is 16.5. The number of hydrogen-bond acceptors (Lipinski definition) is 4. The van der Waals surface area contributed by atoms with Crippen LogP contribution in [0.3, 0.4) is 0 Å².